The number of nitrogens with two attached hydrogens (primary N) is 2. The molecule has 20 heavy (non-hydrogen) atoms. The van der Waals surface area contributed by atoms with Crippen molar-refractivity contribution in [1.82, 2.24) is 5.32 Å². The van der Waals surface area contributed by atoms with Gasteiger partial charge < -0.3 is 21.5 Å². The molecule has 0 bridgehead atoms. The van der Waals surface area contributed by atoms with Gasteiger partial charge in [-0.05, 0) is 12.0 Å². The van der Waals surface area contributed by atoms with Gasteiger partial charge in [-0.1, -0.05) is 30.3 Å². The molecule has 0 aliphatic carbocycles. The minimum Gasteiger partial charge on any atom is -0.370 e. The summed E-state index contributed by atoms with van der Waals surface area (Å²) in [7, 11) is 0. The maximum atomic E-state index is 11.9. The number of benzene rings is 1. The van der Waals surface area contributed by atoms with Crippen molar-refractivity contribution in [2.75, 3.05) is 26.3 Å². The van der Waals surface area contributed by atoms with Crippen LogP contribution < -0.4 is 16.8 Å². The molecule has 0 spiro atoms. The second-order valence-electron chi connectivity index (χ2n) is 4.43. The van der Waals surface area contributed by atoms with Crippen LogP contribution in [0, 0.1) is 5.92 Å². The maximum Gasteiger partial charge on any atom is 0.243 e. The van der Waals surface area contributed by atoms with Crippen molar-refractivity contribution in [2.45, 2.75) is 6.42 Å². The highest BCUT2D eigenvalue weighted by atomic mass is 16.5. The van der Waals surface area contributed by atoms with Crippen molar-refractivity contribution in [3.8, 4) is 0 Å². The second kappa shape index (κ2) is 9.06. The van der Waals surface area contributed by atoms with Crippen LogP contribution in [0.4, 0.5) is 0 Å². The zero-order valence-corrected chi connectivity index (χ0v) is 11.4. The van der Waals surface area contributed by atoms with E-state index in [4.69, 9.17) is 16.2 Å². The van der Waals surface area contributed by atoms with E-state index in [-0.39, 0.29) is 31.6 Å². The van der Waals surface area contributed by atoms with Gasteiger partial charge in [-0.3, -0.25) is 9.59 Å². The van der Waals surface area contributed by atoms with Gasteiger partial charge >= 0.3 is 0 Å². The fourth-order valence-corrected chi connectivity index (χ4v) is 1.75. The first-order chi connectivity index (χ1) is 9.63. The lowest BCUT2D eigenvalue weighted by Crippen LogP contribution is -2.38. The number of hydrogen-bond acceptors (Lipinski definition) is 4. The van der Waals surface area contributed by atoms with Crippen molar-refractivity contribution < 1.29 is 14.3 Å². The first kappa shape index (κ1) is 16.1. The van der Waals surface area contributed by atoms with Crippen LogP contribution in [-0.2, 0) is 20.7 Å². The van der Waals surface area contributed by atoms with Crippen molar-refractivity contribution in [3.63, 3.8) is 0 Å². The quantitative estimate of drug-likeness (QED) is 0.526. The summed E-state index contributed by atoms with van der Waals surface area (Å²) in [5.41, 5.74) is 11.6. The minimum atomic E-state index is -0.528. The lowest BCUT2D eigenvalue weighted by Gasteiger charge is -2.15. The normalized spacial score (nSPS) is 11.8. The summed E-state index contributed by atoms with van der Waals surface area (Å²) < 4.78 is 4.96. The van der Waals surface area contributed by atoms with Gasteiger partial charge in [0.25, 0.3) is 0 Å². The van der Waals surface area contributed by atoms with Crippen LogP contribution in [0.25, 0.3) is 0 Å². The third-order valence-corrected chi connectivity index (χ3v) is 2.77. The molecule has 0 saturated carbocycles. The number of ether oxygens (including phenoxy) is 1. The summed E-state index contributed by atoms with van der Waals surface area (Å²) in [6.07, 6.45) is 0.602. The molecule has 6 nitrogen and oxygen atoms in total. The summed E-state index contributed by atoms with van der Waals surface area (Å²) in [4.78, 5) is 22.4. The molecule has 1 rings (SSSR count). The minimum absolute atomic E-state index is 0.112. The first-order valence-electron chi connectivity index (χ1n) is 6.51. The largest absolute Gasteiger partial charge is 0.370 e. The van der Waals surface area contributed by atoms with Crippen molar-refractivity contribution in [2.24, 2.45) is 17.4 Å². The Kier molecular flexibility index (Phi) is 7.31. The highest BCUT2D eigenvalue weighted by molar-refractivity contribution is 5.79. The molecule has 1 unspecified atom stereocenters. The molecule has 0 saturated heterocycles. The monoisotopic (exact) mass is 279 g/mol. The van der Waals surface area contributed by atoms with Crippen LogP contribution in [0.1, 0.15) is 5.56 Å². The summed E-state index contributed by atoms with van der Waals surface area (Å²) >= 11 is 0. The Morgan fingerprint density at radius 3 is 2.55 bits per heavy atom. The summed E-state index contributed by atoms with van der Waals surface area (Å²) in [5, 5.41) is 2.73. The van der Waals surface area contributed by atoms with Crippen LogP contribution in [0.2, 0.25) is 0 Å². The van der Waals surface area contributed by atoms with E-state index in [1.54, 1.807) is 0 Å². The SMILES string of the molecule is NCC(Cc1ccccc1)C(=O)NCCOCC(N)=O. The van der Waals surface area contributed by atoms with Crippen molar-refractivity contribution in [1.29, 1.82) is 0 Å². The van der Waals surface area contributed by atoms with Gasteiger partial charge in [0.1, 0.15) is 6.61 Å². The average Bonchev–Trinajstić information content (AvgIpc) is 2.45. The number of nitrogens with one attached hydrogen (secondary N) is 1. The molecular weight excluding hydrogens is 258 g/mol. The zero-order valence-electron chi connectivity index (χ0n) is 11.4. The molecule has 1 aromatic carbocycles. The topological polar surface area (TPSA) is 107 Å². The summed E-state index contributed by atoms with van der Waals surface area (Å²) in [6, 6.07) is 9.71. The molecule has 0 aliphatic heterocycles. The maximum absolute atomic E-state index is 11.9. The highest BCUT2D eigenvalue weighted by Crippen LogP contribution is 2.07. The van der Waals surface area contributed by atoms with Crippen LogP contribution in [0.15, 0.2) is 30.3 Å². The summed E-state index contributed by atoms with van der Waals surface area (Å²) in [6.45, 7) is 0.720. The molecule has 110 valence electrons. The molecule has 6 heteroatoms. The summed E-state index contributed by atoms with van der Waals surface area (Å²) in [5.74, 6) is -0.909. The van der Waals surface area contributed by atoms with Gasteiger partial charge in [-0.15, -0.1) is 0 Å². The lowest BCUT2D eigenvalue weighted by molar-refractivity contribution is -0.125. The van der Waals surface area contributed by atoms with E-state index >= 15 is 0 Å². The number of rotatable bonds is 9. The predicted molar refractivity (Wildman–Crippen MR) is 75.7 cm³/mol. The number of primary amides is 1. The smallest absolute Gasteiger partial charge is 0.243 e. The van der Waals surface area contributed by atoms with E-state index in [9.17, 15) is 9.59 Å². The van der Waals surface area contributed by atoms with Crippen LogP contribution >= 0.6 is 0 Å². The Labute approximate surface area is 118 Å². The Morgan fingerprint density at radius 1 is 1.25 bits per heavy atom. The second-order valence-corrected chi connectivity index (χ2v) is 4.43. The van der Waals surface area contributed by atoms with Crippen molar-refractivity contribution in [3.05, 3.63) is 35.9 Å². The third-order valence-electron chi connectivity index (χ3n) is 2.77. The predicted octanol–water partition coefficient (Wildman–Crippen LogP) is -0.578. The van der Waals surface area contributed by atoms with Crippen LogP contribution in [0.3, 0.4) is 0 Å². The van der Waals surface area contributed by atoms with Crippen LogP contribution in [0.5, 0.6) is 0 Å². The fourth-order valence-electron chi connectivity index (χ4n) is 1.75. The van der Waals surface area contributed by atoms with Gasteiger partial charge in [0.2, 0.25) is 11.8 Å². The number of hydrogen-bond donors (Lipinski definition) is 3. The van der Waals surface area contributed by atoms with Crippen LogP contribution in [-0.4, -0.2) is 38.1 Å². The molecule has 0 fully saturated rings. The molecule has 0 heterocycles. The molecule has 2 amide bonds. The number of carbonyl (C=O) groups is 2. The number of amides is 2. The van der Waals surface area contributed by atoms with Gasteiger partial charge in [-0.25, -0.2) is 0 Å². The number of carbonyl (C=O) groups excluding carboxylic acids is 2. The van der Waals surface area contributed by atoms with E-state index in [1.807, 2.05) is 30.3 Å². The first-order valence-corrected chi connectivity index (χ1v) is 6.51. The van der Waals surface area contributed by atoms with Gasteiger partial charge in [0, 0.05) is 13.1 Å². The Balaban J connectivity index is 2.30. The molecule has 0 aromatic heterocycles. The fraction of sp³-hybridized carbons (Fsp3) is 0.429. The molecule has 0 aliphatic rings. The molecule has 0 radical (unpaired) electrons. The Hall–Kier alpha value is -1.92. The van der Waals surface area contributed by atoms with E-state index < -0.39 is 5.91 Å². The third kappa shape index (κ3) is 6.31. The Bertz CT molecular complexity index is 423. The molecular formula is C14H21N3O3. The van der Waals surface area contributed by atoms with Gasteiger partial charge in [0.05, 0.1) is 12.5 Å². The van der Waals surface area contributed by atoms with E-state index in [1.165, 1.54) is 0 Å². The average molecular weight is 279 g/mol. The standard InChI is InChI=1S/C14H21N3O3/c15-9-12(8-11-4-2-1-3-5-11)14(19)17-6-7-20-10-13(16)18/h1-5,12H,6-10,15H2,(H2,16,18)(H,17,19). The molecule has 1 atom stereocenters. The highest BCUT2D eigenvalue weighted by Gasteiger charge is 2.16. The Morgan fingerprint density at radius 2 is 1.95 bits per heavy atom. The van der Waals surface area contributed by atoms with Gasteiger partial charge in [0.15, 0.2) is 0 Å². The van der Waals surface area contributed by atoms with E-state index in [2.05, 4.69) is 5.32 Å². The van der Waals surface area contributed by atoms with E-state index in [0.717, 1.165) is 5.56 Å². The lowest BCUT2D eigenvalue weighted by atomic mass is 9.98. The van der Waals surface area contributed by atoms with Gasteiger partial charge in [-0.2, -0.15) is 0 Å². The molecule has 1 aromatic rings. The van der Waals surface area contributed by atoms with Crippen molar-refractivity contribution >= 4 is 11.8 Å². The van der Waals surface area contributed by atoms with E-state index in [0.29, 0.717) is 13.0 Å². The molecule has 5 N–H and O–H groups in total. The zero-order chi connectivity index (χ0) is 14.8.